The van der Waals surface area contributed by atoms with Crippen molar-refractivity contribution in [1.82, 2.24) is 10.2 Å². The van der Waals surface area contributed by atoms with Crippen molar-refractivity contribution in [3.8, 4) is 0 Å². The van der Waals surface area contributed by atoms with Crippen molar-refractivity contribution in [2.45, 2.75) is 91.5 Å². The van der Waals surface area contributed by atoms with Crippen LogP contribution in [0, 0.1) is 40.4 Å². The Morgan fingerprint density at radius 2 is 1.97 bits per heavy atom. The molecule has 1 saturated heterocycles. The fourth-order valence-electron chi connectivity index (χ4n) is 9.22. The number of carbonyl (C=O) groups excluding carboxylic acids is 2. The fourth-order valence-corrected chi connectivity index (χ4v) is 9.22. The maximum Gasteiger partial charge on any atom is 0.436 e. The van der Waals surface area contributed by atoms with Crippen LogP contribution in [0.25, 0.3) is 0 Å². The molecule has 5 aliphatic rings. The summed E-state index contributed by atoms with van der Waals surface area (Å²) in [6.07, 6.45) is 11.1. The summed E-state index contributed by atoms with van der Waals surface area (Å²) in [6, 6.07) is 0.170. The van der Waals surface area contributed by atoms with Crippen molar-refractivity contribution in [3.63, 3.8) is 0 Å². The molecule has 1 aliphatic heterocycles. The van der Waals surface area contributed by atoms with Gasteiger partial charge in [-0.2, -0.15) is 0 Å². The highest BCUT2D eigenvalue weighted by Crippen LogP contribution is 2.66. The molecule has 1 heterocycles. The van der Waals surface area contributed by atoms with E-state index in [1.54, 1.807) is 0 Å². The Hall–Kier alpha value is -1.76. The number of oxime groups is 1. The van der Waals surface area contributed by atoms with E-state index in [2.05, 4.69) is 31.2 Å². The normalized spacial score (nSPS) is 41.5. The number of hydrogen-bond donors (Lipinski definition) is 1. The number of carbonyl (C=O) groups is 2. The van der Waals surface area contributed by atoms with Crippen molar-refractivity contribution in [1.29, 1.82) is 0 Å². The van der Waals surface area contributed by atoms with Gasteiger partial charge in [-0.25, -0.2) is 9.18 Å². The van der Waals surface area contributed by atoms with E-state index in [-0.39, 0.29) is 23.4 Å². The summed E-state index contributed by atoms with van der Waals surface area (Å²) < 4.78 is 13.2. The number of amides is 1. The molecular formula is C30H46FN3O3. The summed E-state index contributed by atoms with van der Waals surface area (Å²) in [5, 5.41) is 7.78. The second kappa shape index (κ2) is 10.4. The lowest BCUT2D eigenvalue weighted by molar-refractivity contribution is -0.117. The molecule has 3 saturated carbocycles. The first-order chi connectivity index (χ1) is 17.7. The molecule has 0 spiro atoms. The van der Waals surface area contributed by atoms with Gasteiger partial charge < -0.3 is 10.2 Å². The fraction of sp³-hybridized carbons (Fsp3) is 0.833. The molecule has 0 aromatic carbocycles. The zero-order valence-corrected chi connectivity index (χ0v) is 23.2. The topological polar surface area (TPSA) is 71.0 Å². The molecule has 0 aromatic heterocycles. The van der Waals surface area contributed by atoms with E-state index >= 15 is 0 Å². The number of rotatable bonds is 6. The second-order valence-corrected chi connectivity index (χ2v) is 13.2. The molecule has 0 bridgehead atoms. The van der Waals surface area contributed by atoms with Crippen molar-refractivity contribution >= 4 is 17.6 Å². The van der Waals surface area contributed by atoms with Crippen molar-refractivity contribution in [3.05, 3.63) is 11.6 Å². The molecule has 6 nitrogen and oxygen atoms in total. The van der Waals surface area contributed by atoms with Crippen LogP contribution >= 0.6 is 0 Å². The minimum absolute atomic E-state index is 0.0331. The van der Waals surface area contributed by atoms with E-state index in [1.165, 1.54) is 29.7 Å². The Bertz CT molecular complexity index is 966. The largest absolute Gasteiger partial charge is 0.436 e. The highest BCUT2D eigenvalue weighted by atomic mass is 19.1. The second-order valence-electron chi connectivity index (χ2n) is 13.2. The lowest BCUT2D eigenvalue weighted by Crippen LogP contribution is -2.51. The molecule has 4 aliphatic carbocycles. The summed E-state index contributed by atoms with van der Waals surface area (Å²) in [5.41, 5.74) is 2.65. The van der Waals surface area contributed by atoms with E-state index in [1.807, 2.05) is 13.0 Å². The molecule has 206 valence electrons. The third-order valence-corrected chi connectivity index (χ3v) is 11.5. The van der Waals surface area contributed by atoms with Gasteiger partial charge in [-0.15, -0.1) is 0 Å². The van der Waals surface area contributed by atoms with Crippen LogP contribution in [0.1, 0.15) is 85.5 Å². The van der Waals surface area contributed by atoms with Crippen LogP contribution in [0.15, 0.2) is 16.8 Å². The van der Waals surface area contributed by atoms with Crippen molar-refractivity contribution in [2.75, 3.05) is 26.3 Å². The Kier molecular flexibility index (Phi) is 7.56. The van der Waals surface area contributed by atoms with Crippen LogP contribution < -0.4 is 5.32 Å². The number of alkyl halides is 1. The SMILES string of the molecule is C/C(=N\OC(=O)N(CCF)CC1NCCC1C)[C@H]1CC[C@H]2[C@@H]3CCC4=CC(=O)CC[C@]4(C)[C@H]3CC[C@]12C. The standard InChI is InChI=1S/C30H46FN3O3/c1-19-11-15-32-27(19)18-34(16-14-31)28(36)37-33-20(2)24-7-8-25-23-6-5-21-17-22(35)9-12-29(21,3)26(23)10-13-30(24,25)4/h17,19,23-27,32H,5-16,18H2,1-4H3/b33-20+/t19?,23-,24+,25-,26-,27?,29-,30+/m0/s1. The predicted molar refractivity (Wildman–Crippen MR) is 143 cm³/mol. The summed E-state index contributed by atoms with van der Waals surface area (Å²) in [4.78, 5) is 31.9. The predicted octanol–water partition coefficient (Wildman–Crippen LogP) is 5.92. The highest BCUT2D eigenvalue weighted by molar-refractivity contribution is 5.91. The first-order valence-corrected chi connectivity index (χ1v) is 14.7. The smallest absolute Gasteiger partial charge is 0.312 e. The van der Waals surface area contributed by atoms with Gasteiger partial charge >= 0.3 is 6.09 Å². The maximum atomic E-state index is 13.2. The number of halogens is 1. The molecule has 5 rings (SSSR count). The highest BCUT2D eigenvalue weighted by Gasteiger charge is 2.59. The number of nitrogens with one attached hydrogen (secondary N) is 1. The number of ketones is 1. The van der Waals surface area contributed by atoms with E-state index in [9.17, 15) is 14.0 Å². The van der Waals surface area contributed by atoms with E-state index in [4.69, 9.17) is 4.84 Å². The van der Waals surface area contributed by atoms with Gasteiger partial charge in [-0.05, 0) is 105 Å². The van der Waals surface area contributed by atoms with Crippen LogP contribution in [0.5, 0.6) is 0 Å². The van der Waals surface area contributed by atoms with Crippen molar-refractivity contribution < 1.29 is 18.8 Å². The Balaban J connectivity index is 1.26. The molecule has 1 N–H and O–H groups in total. The van der Waals surface area contributed by atoms with Crippen LogP contribution in [0.3, 0.4) is 0 Å². The van der Waals surface area contributed by atoms with Crippen LogP contribution in [-0.2, 0) is 9.63 Å². The molecular weight excluding hydrogens is 469 g/mol. The molecule has 1 amide bonds. The first kappa shape index (κ1) is 26.8. The molecule has 2 unspecified atom stereocenters. The molecule has 0 radical (unpaired) electrons. The summed E-state index contributed by atoms with van der Waals surface area (Å²) in [5.74, 6) is 3.06. The summed E-state index contributed by atoms with van der Waals surface area (Å²) in [7, 11) is 0. The minimum atomic E-state index is -0.589. The van der Waals surface area contributed by atoms with Crippen LogP contribution in [-0.4, -0.2) is 54.8 Å². The first-order valence-electron chi connectivity index (χ1n) is 14.7. The van der Waals surface area contributed by atoms with Gasteiger partial charge in [-0.3, -0.25) is 9.63 Å². The van der Waals surface area contributed by atoms with Crippen LogP contribution in [0.2, 0.25) is 0 Å². The molecule has 37 heavy (non-hydrogen) atoms. The zero-order chi connectivity index (χ0) is 26.4. The minimum Gasteiger partial charge on any atom is -0.312 e. The van der Waals surface area contributed by atoms with Gasteiger partial charge in [0.05, 0.1) is 12.3 Å². The Labute approximate surface area is 221 Å². The third kappa shape index (κ3) is 4.79. The van der Waals surface area contributed by atoms with Crippen LogP contribution in [0.4, 0.5) is 9.18 Å². The van der Waals surface area contributed by atoms with Gasteiger partial charge in [0, 0.05) is 24.9 Å². The van der Waals surface area contributed by atoms with Gasteiger partial charge in [-0.1, -0.05) is 31.5 Å². The molecule has 0 aromatic rings. The Morgan fingerprint density at radius 3 is 2.70 bits per heavy atom. The number of allylic oxidation sites excluding steroid dienone is 1. The van der Waals surface area contributed by atoms with E-state index in [0.29, 0.717) is 48.3 Å². The third-order valence-electron chi connectivity index (χ3n) is 11.5. The number of nitrogens with zero attached hydrogens (tertiary/aromatic N) is 2. The summed E-state index contributed by atoms with van der Waals surface area (Å²) >= 11 is 0. The van der Waals surface area contributed by atoms with Gasteiger partial charge in [0.2, 0.25) is 0 Å². The number of fused-ring (bicyclic) bond motifs is 5. The molecule has 8 atom stereocenters. The Morgan fingerprint density at radius 1 is 1.16 bits per heavy atom. The van der Waals surface area contributed by atoms with Gasteiger partial charge in [0.1, 0.15) is 6.67 Å². The van der Waals surface area contributed by atoms with Gasteiger partial charge in [0.25, 0.3) is 0 Å². The van der Waals surface area contributed by atoms with E-state index < -0.39 is 12.8 Å². The van der Waals surface area contributed by atoms with E-state index in [0.717, 1.165) is 44.4 Å². The molecule has 7 heteroatoms. The average molecular weight is 516 g/mol. The quantitative estimate of drug-likeness (QED) is 0.271. The monoisotopic (exact) mass is 515 g/mol. The lowest BCUT2D eigenvalue weighted by atomic mass is 9.46. The molecule has 4 fully saturated rings. The zero-order valence-electron chi connectivity index (χ0n) is 23.2. The van der Waals surface area contributed by atoms with Crippen molar-refractivity contribution in [2.24, 2.45) is 45.6 Å². The average Bonchev–Trinajstić information content (AvgIpc) is 3.44. The maximum absolute atomic E-state index is 13.2. The lowest BCUT2D eigenvalue weighted by Gasteiger charge is -2.58. The number of hydrogen-bond acceptors (Lipinski definition) is 5. The van der Waals surface area contributed by atoms with Gasteiger partial charge in [0.15, 0.2) is 5.78 Å². The summed E-state index contributed by atoms with van der Waals surface area (Å²) in [6.45, 7) is 9.86.